The van der Waals surface area contributed by atoms with E-state index in [1.807, 2.05) is 0 Å². The molecule has 0 nitrogen and oxygen atoms in total. The largest absolute Gasteiger partial charge is 0.0625 e. The molecule has 4 aliphatic rings. The van der Waals surface area contributed by atoms with Crippen molar-refractivity contribution in [2.24, 2.45) is 41.4 Å². The summed E-state index contributed by atoms with van der Waals surface area (Å²) in [6.45, 7) is 2.50. The van der Waals surface area contributed by atoms with E-state index in [9.17, 15) is 0 Å². The Hall–Kier alpha value is 0. The molecule has 96 valence electrons. The van der Waals surface area contributed by atoms with Crippen molar-refractivity contribution in [3.05, 3.63) is 0 Å². The first-order chi connectivity index (χ1) is 8.31. The van der Waals surface area contributed by atoms with Gasteiger partial charge in [-0.15, -0.1) is 0 Å². The van der Waals surface area contributed by atoms with Gasteiger partial charge in [-0.1, -0.05) is 26.2 Å². The molecule has 0 bridgehead atoms. The lowest BCUT2D eigenvalue weighted by atomic mass is 9.67. The summed E-state index contributed by atoms with van der Waals surface area (Å²) in [4.78, 5) is 0. The van der Waals surface area contributed by atoms with Crippen molar-refractivity contribution < 1.29 is 0 Å². The van der Waals surface area contributed by atoms with E-state index in [2.05, 4.69) is 6.92 Å². The summed E-state index contributed by atoms with van der Waals surface area (Å²) >= 11 is 0. The highest BCUT2D eigenvalue weighted by Crippen LogP contribution is 2.59. The van der Waals surface area contributed by atoms with Gasteiger partial charge in [-0.2, -0.15) is 0 Å². The minimum atomic E-state index is 1.05. The topological polar surface area (TPSA) is 0 Å². The predicted molar refractivity (Wildman–Crippen MR) is 71.7 cm³/mol. The molecule has 4 aliphatic carbocycles. The van der Waals surface area contributed by atoms with Crippen molar-refractivity contribution in [3.8, 4) is 0 Å². The van der Waals surface area contributed by atoms with Crippen LogP contribution in [0.3, 0.4) is 0 Å². The van der Waals surface area contributed by atoms with Crippen LogP contribution >= 0.6 is 0 Å². The van der Waals surface area contributed by atoms with Gasteiger partial charge in [-0.05, 0) is 80.0 Å². The first-order valence-corrected chi connectivity index (χ1v) is 8.31. The molecule has 0 aromatic carbocycles. The van der Waals surface area contributed by atoms with Crippen LogP contribution in [-0.4, -0.2) is 0 Å². The standard InChI is InChI=1S/C17H28/c1-11-6-13-9-15-8-12-4-2-3-5-16(12)17(15)10-14(13)7-11/h11-17H,2-10H2,1H3. The van der Waals surface area contributed by atoms with E-state index in [-0.39, 0.29) is 0 Å². The molecule has 7 unspecified atom stereocenters. The first-order valence-electron chi connectivity index (χ1n) is 8.31. The normalized spacial score (nSPS) is 57.4. The smallest absolute Gasteiger partial charge is 0.0352 e. The maximum atomic E-state index is 2.50. The third-order valence-electron chi connectivity index (χ3n) is 6.99. The molecule has 0 spiro atoms. The minimum absolute atomic E-state index is 1.05. The molecule has 7 atom stereocenters. The fraction of sp³-hybridized carbons (Fsp3) is 1.00. The van der Waals surface area contributed by atoms with Crippen molar-refractivity contribution >= 4 is 0 Å². The van der Waals surface area contributed by atoms with E-state index < -0.39 is 0 Å². The molecule has 0 amide bonds. The molecule has 0 aliphatic heterocycles. The average molecular weight is 232 g/mol. The van der Waals surface area contributed by atoms with Gasteiger partial charge in [0, 0.05) is 0 Å². The van der Waals surface area contributed by atoms with Gasteiger partial charge >= 0.3 is 0 Å². The Kier molecular flexibility index (Phi) is 2.56. The van der Waals surface area contributed by atoms with E-state index in [1.54, 1.807) is 57.8 Å². The lowest BCUT2D eigenvalue weighted by molar-refractivity contribution is 0.116. The summed E-state index contributed by atoms with van der Waals surface area (Å²) < 4.78 is 0. The van der Waals surface area contributed by atoms with Crippen molar-refractivity contribution in [2.45, 2.75) is 64.7 Å². The molecule has 0 aromatic rings. The number of rotatable bonds is 0. The van der Waals surface area contributed by atoms with Crippen LogP contribution < -0.4 is 0 Å². The molecule has 0 N–H and O–H groups in total. The van der Waals surface area contributed by atoms with Crippen LogP contribution in [0.25, 0.3) is 0 Å². The molecule has 0 heterocycles. The monoisotopic (exact) mass is 232 g/mol. The SMILES string of the molecule is CC1CC2CC3CC4CCCCC4C3CC2C1. The Morgan fingerprint density at radius 1 is 0.588 bits per heavy atom. The van der Waals surface area contributed by atoms with Crippen molar-refractivity contribution in [2.75, 3.05) is 0 Å². The van der Waals surface area contributed by atoms with E-state index in [1.165, 1.54) is 11.8 Å². The number of hydrogen-bond donors (Lipinski definition) is 0. The lowest BCUT2D eigenvalue weighted by Gasteiger charge is -2.38. The molecule has 0 aromatic heterocycles. The third-order valence-corrected chi connectivity index (χ3v) is 6.99. The molecular formula is C17H28. The maximum absolute atomic E-state index is 2.50. The van der Waals surface area contributed by atoms with Crippen LogP contribution in [0.2, 0.25) is 0 Å². The van der Waals surface area contributed by atoms with Crippen molar-refractivity contribution in [3.63, 3.8) is 0 Å². The Bertz CT molecular complexity index is 294. The van der Waals surface area contributed by atoms with Crippen LogP contribution in [-0.2, 0) is 0 Å². The van der Waals surface area contributed by atoms with E-state index >= 15 is 0 Å². The van der Waals surface area contributed by atoms with Gasteiger partial charge in [-0.3, -0.25) is 0 Å². The molecule has 0 radical (unpaired) electrons. The van der Waals surface area contributed by atoms with Crippen LogP contribution in [0.15, 0.2) is 0 Å². The molecule has 4 fully saturated rings. The Balaban J connectivity index is 1.52. The number of fused-ring (bicyclic) bond motifs is 4. The van der Waals surface area contributed by atoms with E-state index in [0.29, 0.717) is 0 Å². The van der Waals surface area contributed by atoms with Crippen LogP contribution in [0.5, 0.6) is 0 Å². The van der Waals surface area contributed by atoms with Gasteiger partial charge < -0.3 is 0 Å². The number of hydrogen-bond acceptors (Lipinski definition) is 0. The zero-order chi connectivity index (χ0) is 11.4. The fourth-order valence-electron chi connectivity index (χ4n) is 6.47. The second-order valence-corrected chi connectivity index (χ2v) is 7.94. The van der Waals surface area contributed by atoms with Gasteiger partial charge in [0.15, 0.2) is 0 Å². The van der Waals surface area contributed by atoms with Gasteiger partial charge in [0.2, 0.25) is 0 Å². The fourth-order valence-corrected chi connectivity index (χ4v) is 6.47. The Labute approximate surface area is 107 Å². The van der Waals surface area contributed by atoms with Crippen molar-refractivity contribution in [1.82, 2.24) is 0 Å². The highest BCUT2D eigenvalue weighted by molar-refractivity contribution is 5.00. The Morgan fingerprint density at radius 3 is 2.18 bits per heavy atom. The van der Waals surface area contributed by atoms with Crippen LogP contribution in [0.4, 0.5) is 0 Å². The van der Waals surface area contributed by atoms with Crippen molar-refractivity contribution in [1.29, 1.82) is 0 Å². The molecule has 0 saturated heterocycles. The van der Waals surface area contributed by atoms with Crippen LogP contribution in [0, 0.1) is 41.4 Å². The quantitative estimate of drug-likeness (QED) is 0.558. The van der Waals surface area contributed by atoms with E-state index in [4.69, 9.17) is 0 Å². The molecule has 0 heteroatoms. The summed E-state index contributed by atoms with van der Waals surface area (Å²) in [5.41, 5.74) is 0. The highest BCUT2D eigenvalue weighted by atomic mass is 14.5. The summed E-state index contributed by atoms with van der Waals surface area (Å²) in [6.07, 6.45) is 14.3. The summed E-state index contributed by atoms with van der Waals surface area (Å²) in [5, 5.41) is 0. The molecule has 4 saturated carbocycles. The second-order valence-electron chi connectivity index (χ2n) is 7.94. The minimum Gasteiger partial charge on any atom is -0.0625 e. The van der Waals surface area contributed by atoms with Gasteiger partial charge in [0.25, 0.3) is 0 Å². The summed E-state index contributed by atoms with van der Waals surface area (Å²) in [7, 11) is 0. The van der Waals surface area contributed by atoms with Gasteiger partial charge in [-0.25, -0.2) is 0 Å². The third kappa shape index (κ3) is 1.70. The zero-order valence-corrected chi connectivity index (χ0v) is 11.4. The second kappa shape index (κ2) is 4.00. The summed E-state index contributed by atoms with van der Waals surface area (Å²) in [6, 6.07) is 0. The summed E-state index contributed by atoms with van der Waals surface area (Å²) in [5.74, 6) is 8.01. The highest BCUT2D eigenvalue weighted by Gasteiger charge is 2.50. The molecule has 4 rings (SSSR count). The van der Waals surface area contributed by atoms with E-state index in [0.717, 1.165) is 29.6 Å². The molecule has 17 heavy (non-hydrogen) atoms. The maximum Gasteiger partial charge on any atom is -0.0352 e. The Morgan fingerprint density at radius 2 is 1.29 bits per heavy atom. The zero-order valence-electron chi connectivity index (χ0n) is 11.4. The molecular weight excluding hydrogens is 204 g/mol. The predicted octanol–water partition coefficient (Wildman–Crippen LogP) is 4.89. The first kappa shape index (κ1) is 10.9. The van der Waals surface area contributed by atoms with Gasteiger partial charge in [0.1, 0.15) is 0 Å². The lowest BCUT2D eigenvalue weighted by Crippen LogP contribution is -2.29. The average Bonchev–Trinajstić information content (AvgIpc) is 2.84. The van der Waals surface area contributed by atoms with Crippen LogP contribution in [0.1, 0.15) is 64.7 Å². The van der Waals surface area contributed by atoms with Gasteiger partial charge in [0.05, 0.1) is 0 Å².